The van der Waals surface area contributed by atoms with Gasteiger partial charge in [-0.05, 0) is 37.6 Å². The predicted molar refractivity (Wildman–Crippen MR) is 111 cm³/mol. The summed E-state index contributed by atoms with van der Waals surface area (Å²) in [5, 5.41) is 5.85. The molecule has 0 aromatic heterocycles. The maximum atomic E-state index is 12.5. The van der Waals surface area contributed by atoms with Crippen LogP contribution in [-0.2, 0) is 9.59 Å². The first kappa shape index (κ1) is 21.4. The number of nitrogens with zero attached hydrogens (tertiary/aromatic N) is 1. The number of carbonyl (C=O) groups excluding carboxylic acids is 2. The van der Waals surface area contributed by atoms with Crippen LogP contribution in [0.1, 0.15) is 31.9 Å². The normalized spacial score (nSPS) is 11.7. The van der Waals surface area contributed by atoms with E-state index >= 15 is 0 Å². The highest BCUT2D eigenvalue weighted by Crippen LogP contribution is 2.22. The van der Waals surface area contributed by atoms with Gasteiger partial charge in [-0.1, -0.05) is 49.4 Å². The predicted octanol–water partition coefficient (Wildman–Crippen LogP) is 3.22. The van der Waals surface area contributed by atoms with E-state index in [1.165, 1.54) is 0 Å². The van der Waals surface area contributed by atoms with E-state index < -0.39 is 0 Å². The molecule has 0 heterocycles. The van der Waals surface area contributed by atoms with Crippen molar-refractivity contribution in [1.82, 2.24) is 10.2 Å². The number of anilines is 1. The highest BCUT2D eigenvalue weighted by atomic mass is 16.5. The van der Waals surface area contributed by atoms with E-state index in [1.54, 1.807) is 19.2 Å². The molecule has 2 amide bonds. The smallest absolute Gasteiger partial charge is 0.238 e. The largest absolute Gasteiger partial charge is 0.495 e. The monoisotopic (exact) mass is 383 g/mol. The second kappa shape index (κ2) is 11.1. The van der Waals surface area contributed by atoms with Crippen LogP contribution in [0.4, 0.5) is 5.69 Å². The van der Waals surface area contributed by atoms with Gasteiger partial charge in [-0.3, -0.25) is 14.5 Å². The molecule has 0 saturated heterocycles. The average Bonchev–Trinajstić information content (AvgIpc) is 2.69. The molecule has 0 aliphatic carbocycles. The summed E-state index contributed by atoms with van der Waals surface area (Å²) in [6.45, 7) is 4.94. The molecule has 0 fully saturated rings. The van der Waals surface area contributed by atoms with E-state index in [9.17, 15) is 9.59 Å². The molecule has 2 N–H and O–H groups in total. The van der Waals surface area contributed by atoms with Crippen molar-refractivity contribution in [2.24, 2.45) is 0 Å². The summed E-state index contributed by atoms with van der Waals surface area (Å²) >= 11 is 0. The zero-order valence-corrected chi connectivity index (χ0v) is 16.8. The lowest BCUT2D eigenvalue weighted by atomic mass is 10.1. The Morgan fingerprint density at radius 2 is 1.64 bits per heavy atom. The second-order valence-corrected chi connectivity index (χ2v) is 6.66. The fraction of sp³-hybridized carbons (Fsp3) is 0.364. The third-order valence-corrected chi connectivity index (χ3v) is 4.33. The molecule has 28 heavy (non-hydrogen) atoms. The van der Waals surface area contributed by atoms with Gasteiger partial charge in [0.05, 0.1) is 31.9 Å². The lowest BCUT2D eigenvalue weighted by molar-refractivity contribution is -0.124. The van der Waals surface area contributed by atoms with E-state index in [2.05, 4.69) is 10.6 Å². The van der Waals surface area contributed by atoms with E-state index in [4.69, 9.17) is 4.74 Å². The minimum atomic E-state index is -0.179. The first-order valence-corrected chi connectivity index (χ1v) is 9.53. The highest BCUT2D eigenvalue weighted by Gasteiger charge is 2.17. The van der Waals surface area contributed by atoms with Gasteiger partial charge in [0.2, 0.25) is 11.8 Å². The molecule has 2 aromatic carbocycles. The van der Waals surface area contributed by atoms with Gasteiger partial charge in [0, 0.05) is 0 Å². The summed E-state index contributed by atoms with van der Waals surface area (Å²) in [5.41, 5.74) is 1.67. The Kier molecular flexibility index (Phi) is 8.49. The number of carbonyl (C=O) groups is 2. The van der Waals surface area contributed by atoms with Crippen molar-refractivity contribution in [3.05, 3.63) is 60.2 Å². The molecule has 6 nitrogen and oxygen atoms in total. The Bertz CT molecular complexity index is 765. The number of hydrogen-bond acceptors (Lipinski definition) is 4. The maximum absolute atomic E-state index is 12.5. The molecule has 2 rings (SSSR count). The number of rotatable bonds is 10. The van der Waals surface area contributed by atoms with Gasteiger partial charge in [0.15, 0.2) is 0 Å². The van der Waals surface area contributed by atoms with E-state index in [1.807, 2.05) is 61.2 Å². The molecular weight excluding hydrogens is 354 g/mol. The van der Waals surface area contributed by atoms with Crippen LogP contribution in [0.2, 0.25) is 0 Å². The quantitative estimate of drug-likeness (QED) is 0.661. The Morgan fingerprint density at radius 3 is 2.32 bits per heavy atom. The molecular formula is C22H29N3O3. The summed E-state index contributed by atoms with van der Waals surface area (Å²) < 4.78 is 5.26. The highest BCUT2D eigenvalue weighted by molar-refractivity contribution is 5.94. The molecule has 6 heteroatoms. The number of methoxy groups -OCH3 is 1. The zero-order valence-electron chi connectivity index (χ0n) is 16.8. The minimum absolute atomic E-state index is 0.0837. The van der Waals surface area contributed by atoms with Crippen molar-refractivity contribution < 1.29 is 14.3 Å². The van der Waals surface area contributed by atoms with Gasteiger partial charge in [-0.2, -0.15) is 0 Å². The fourth-order valence-corrected chi connectivity index (χ4v) is 2.99. The molecule has 0 radical (unpaired) electrons. The van der Waals surface area contributed by atoms with E-state index in [-0.39, 0.29) is 30.9 Å². The lowest BCUT2D eigenvalue weighted by Gasteiger charge is -2.22. The van der Waals surface area contributed by atoms with E-state index in [0.717, 1.165) is 12.0 Å². The molecule has 0 aliphatic rings. The molecule has 0 spiro atoms. The molecule has 150 valence electrons. The van der Waals surface area contributed by atoms with Crippen LogP contribution in [0, 0.1) is 0 Å². The Hall–Kier alpha value is -2.86. The van der Waals surface area contributed by atoms with E-state index in [0.29, 0.717) is 18.0 Å². The van der Waals surface area contributed by atoms with Gasteiger partial charge >= 0.3 is 0 Å². The summed E-state index contributed by atoms with van der Waals surface area (Å²) in [7, 11) is 1.56. The molecule has 1 atom stereocenters. The van der Waals surface area contributed by atoms with Gasteiger partial charge < -0.3 is 15.4 Å². The summed E-state index contributed by atoms with van der Waals surface area (Å²) in [6, 6.07) is 17.0. The van der Waals surface area contributed by atoms with Crippen LogP contribution in [0.25, 0.3) is 0 Å². The SMILES string of the molecule is CCCN(CC(=O)Nc1ccccc1OC)CC(=O)N[C@H](C)c1ccccc1. The van der Waals surface area contributed by atoms with Crippen molar-refractivity contribution in [2.45, 2.75) is 26.3 Å². The standard InChI is InChI=1S/C22H29N3O3/c1-4-14-25(15-21(26)23-17(2)18-10-6-5-7-11-18)16-22(27)24-19-12-8-9-13-20(19)28-3/h5-13,17H,4,14-16H2,1-3H3,(H,23,26)(H,24,27)/t17-/m1/s1. The lowest BCUT2D eigenvalue weighted by Crippen LogP contribution is -2.42. The second-order valence-electron chi connectivity index (χ2n) is 6.66. The first-order valence-electron chi connectivity index (χ1n) is 9.53. The van der Waals surface area contributed by atoms with Crippen LogP contribution in [-0.4, -0.2) is 43.5 Å². The van der Waals surface area contributed by atoms with Crippen LogP contribution in [0.3, 0.4) is 0 Å². The minimum Gasteiger partial charge on any atom is -0.495 e. The summed E-state index contributed by atoms with van der Waals surface area (Å²) in [4.78, 5) is 26.7. The number of para-hydroxylation sites is 2. The van der Waals surface area contributed by atoms with Crippen molar-refractivity contribution in [1.29, 1.82) is 0 Å². The zero-order chi connectivity index (χ0) is 20.4. The summed E-state index contributed by atoms with van der Waals surface area (Å²) in [5.74, 6) is 0.323. The first-order chi connectivity index (χ1) is 13.5. The van der Waals surface area contributed by atoms with Crippen molar-refractivity contribution >= 4 is 17.5 Å². The van der Waals surface area contributed by atoms with Crippen LogP contribution in [0.15, 0.2) is 54.6 Å². The molecule has 0 aliphatic heterocycles. The number of ether oxygens (including phenoxy) is 1. The molecule has 0 bridgehead atoms. The Morgan fingerprint density at radius 1 is 1.00 bits per heavy atom. The summed E-state index contributed by atoms with van der Waals surface area (Å²) in [6.07, 6.45) is 0.851. The third kappa shape index (κ3) is 6.70. The molecule has 0 saturated carbocycles. The van der Waals surface area contributed by atoms with Crippen molar-refractivity contribution in [3.8, 4) is 5.75 Å². The number of benzene rings is 2. The van der Waals surface area contributed by atoms with Gasteiger partial charge in [0.25, 0.3) is 0 Å². The molecule has 0 unspecified atom stereocenters. The fourth-order valence-electron chi connectivity index (χ4n) is 2.99. The van der Waals surface area contributed by atoms with Crippen LogP contribution in [0.5, 0.6) is 5.75 Å². The van der Waals surface area contributed by atoms with Gasteiger partial charge in [-0.15, -0.1) is 0 Å². The van der Waals surface area contributed by atoms with Crippen LogP contribution >= 0.6 is 0 Å². The van der Waals surface area contributed by atoms with Crippen LogP contribution < -0.4 is 15.4 Å². The Labute approximate surface area is 166 Å². The van der Waals surface area contributed by atoms with Gasteiger partial charge in [0.1, 0.15) is 5.75 Å². The van der Waals surface area contributed by atoms with Crippen molar-refractivity contribution in [2.75, 3.05) is 32.1 Å². The maximum Gasteiger partial charge on any atom is 0.238 e. The average molecular weight is 383 g/mol. The number of nitrogens with one attached hydrogen (secondary N) is 2. The number of hydrogen-bond donors (Lipinski definition) is 2. The topological polar surface area (TPSA) is 70.7 Å². The Balaban J connectivity index is 1.91. The van der Waals surface area contributed by atoms with Gasteiger partial charge in [-0.25, -0.2) is 0 Å². The third-order valence-electron chi connectivity index (χ3n) is 4.33. The number of amides is 2. The molecule has 2 aromatic rings. The van der Waals surface area contributed by atoms with Crippen molar-refractivity contribution in [3.63, 3.8) is 0 Å².